The molecule has 0 bridgehead atoms. The third kappa shape index (κ3) is 3.06. The van der Waals surface area contributed by atoms with E-state index in [2.05, 4.69) is 21.2 Å². The predicted molar refractivity (Wildman–Crippen MR) is 79.4 cm³/mol. The van der Waals surface area contributed by atoms with Gasteiger partial charge in [0.05, 0.1) is 16.9 Å². The number of halogens is 1. The van der Waals surface area contributed by atoms with Crippen molar-refractivity contribution in [1.29, 1.82) is 0 Å². The van der Waals surface area contributed by atoms with Crippen LogP contribution in [0.5, 0.6) is 5.75 Å². The fraction of sp³-hybridized carbons (Fsp3) is 0.0714. The normalized spacial score (nSPS) is 10.2. The van der Waals surface area contributed by atoms with Gasteiger partial charge in [0.25, 0.3) is 5.91 Å². The molecule has 0 spiro atoms. The van der Waals surface area contributed by atoms with E-state index in [-0.39, 0.29) is 11.3 Å². The van der Waals surface area contributed by atoms with E-state index < -0.39 is 5.91 Å². The van der Waals surface area contributed by atoms with Crippen LogP contribution in [0.25, 0.3) is 0 Å². The van der Waals surface area contributed by atoms with Crippen molar-refractivity contribution in [2.45, 2.75) is 6.92 Å². The van der Waals surface area contributed by atoms with Crippen molar-refractivity contribution in [2.75, 3.05) is 11.1 Å². The van der Waals surface area contributed by atoms with E-state index in [4.69, 9.17) is 5.73 Å². The van der Waals surface area contributed by atoms with Crippen molar-refractivity contribution in [3.63, 3.8) is 0 Å². The summed E-state index contributed by atoms with van der Waals surface area (Å²) < 4.78 is 0.715. The fourth-order valence-electron chi connectivity index (χ4n) is 1.66. The van der Waals surface area contributed by atoms with Crippen LogP contribution >= 0.6 is 15.9 Å². The van der Waals surface area contributed by atoms with E-state index >= 15 is 0 Å². The number of nitrogens with one attached hydrogen (secondary N) is 1. The number of nitrogen functional groups attached to an aromatic ring is 1. The summed E-state index contributed by atoms with van der Waals surface area (Å²) in [6.45, 7) is 1.91. The minimum atomic E-state index is -0.406. The second-order valence-corrected chi connectivity index (χ2v) is 5.12. The maximum Gasteiger partial charge on any atom is 0.259 e. The molecule has 5 heteroatoms. The van der Waals surface area contributed by atoms with Gasteiger partial charge in [0, 0.05) is 4.47 Å². The van der Waals surface area contributed by atoms with Gasteiger partial charge < -0.3 is 16.2 Å². The second-order valence-electron chi connectivity index (χ2n) is 4.21. The Morgan fingerprint density at radius 1 is 1.26 bits per heavy atom. The van der Waals surface area contributed by atoms with Gasteiger partial charge >= 0.3 is 0 Å². The number of carbonyl (C=O) groups excluding carboxylic acids is 1. The molecule has 2 rings (SSSR count). The Kier molecular flexibility index (Phi) is 3.76. The first-order valence-electron chi connectivity index (χ1n) is 5.63. The van der Waals surface area contributed by atoms with Crippen LogP contribution in [0, 0.1) is 6.92 Å². The number of nitrogens with two attached hydrogens (primary N) is 1. The molecule has 19 heavy (non-hydrogen) atoms. The number of carbonyl (C=O) groups is 1. The number of aryl methyl sites for hydroxylation is 1. The number of phenolic OH excluding ortho intramolecular Hbond substituents is 1. The molecule has 4 N–H and O–H groups in total. The third-order valence-corrected chi connectivity index (χ3v) is 3.15. The molecule has 2 aromatic carbocycles. The van der Waals surface area contributed by atoms with Crippen LogP contribution in [0.3, 0.4) is 0 Å². The van der Waals surface area contributed by atoms with Crippen molar-refractivity contribution in [3.05, 3.63) is 52.0 Å². The van der Waals surface area contributed by atoms with Crippen LogP contribution in [0.4, 0.5) is 11.4 Å². The largest absolute Gasteiger partial charge is 0.507 e. The van der Waals surface area contributed by atoms with Gasteiger partial charge in [-0.15, -0.1) is 0 Å². The molecule has 0 saturated carbocycles. The van der Waals surface area contributed by atoms with Crippen molar-refractivity contribution in [3.8, 4) is 5.75 Å². The Morgan fingerprint density at radius 3 is 2.74 bits per heavy atom. The summed E-state index contributed by atoms with van der Waals surface area (Å²) in [5.41, 5.74) is 7.99. The van der Waals surface area contributed by atoms with E-state index in [9.17, 15) is 9.90 Å². The molecule has 4 nitrogen and oxygen atoms in total. The van der Waals surface area contributed by atoms with Gasteiger partial charge in [-0.25, -0.2) is 0 Å². The highest BCUT2D eigenvalue weighted by Crippen LogP contribution is 2.25. The van der Waals surface area contributed by atoms with E-state index in [0.717, 1.165) is 5.56 Å². The van der Waals surface area contributed by atoms with E-state index in [0.29, 0.717) is 15.8 Å². The average Bonchev–Trinajstić information content (AvgIpc) is 2.36. The molecule has 2 aromatic rings. The van der Waals surface area contributed by atoms with E-state index in [1.807, 2.05) is 13.0 Å². The van der Waals surface area contributed by atoms with Gasteiger partial charge in [0.1, 0.15) is 5.75 Å². The Morgan fingerprint density at radius 2 is 2.00 bits per heavy atom. The summed E-state index contributed by atoms with van der Waals surface area (Å²) in [7, 11) is 0. The number of amides is 1. The number of hydrogen-bond donors (Lipinski definition) is 3. The van der Waals surface area contributed by atoms with Crippen LogP contribution in [0.2, 0.25) is 0 Å². The van der Waals surface area contributed by atoms with Crippen molar-refractivity contribution >= 4 is 33.2 Å². The molecule has 0 atom stereocenters. The van der Waals surface area contributed by atoms with Crippen LogP contribution < -0.4 is 11.1 Å². The van der Waals surface area contributed by atoms with Gasteiger partial charge in [-0.3, -0.25) is 4.79 Å². The Bertz CT molecular complexity index is 641. The van der Waals surface area contributed by atoms with Crippen molar-refractivity contribution in [1.82, 2.24) is 0 Å². The Labute approximate surface area is 119 Å². The lowest BCUT2D eigenvalue weighted by Gasteiger charge is -2.10. The summed E-state index contributed by atoms with van der Waals surface area (Å²) in [6, 6.07) is 10.0. The third-order valence-electron chi connectivity index (χ3n) is 2.66. The van der Waals surface area contributed by atoms with Gasteiger partial charge in [0.15, 0.2) is 0 Å². The quantitative estimate of drug-likeness (QED) is 0.743. The second kappa shape index (κ2) is 5.32. The number of benzene rings is 2. The molecule has 0 fully saturated rings. The monoisotopic (exact) mass is 320 g/mol. The summed E-state index contributed by atoms with van der Waals surface area (Å²) in [4.78, 5) is 12.1. The molecule has 98 valence electrons. The molecule has 0 unspecified atom stereocenters. The summed E-state index contributed by atoms with van der Waals surface area (Å²) in [5.74, 6) is -0.483. The van der Waals surface area contributed by atoms with Crippen molar-refractivity contribution < 1.29 is 9.90 Å². The fourth-order valence-corrected chi connectivity index (χ4v) is 2.02. The van der Waals surface area contributed by atoms with Crippen LogP contribution in [-0.4, -0.2) is 11.0 Å². The lowest BCUT2D eigenvalue weighted by Crippen LogP contribution is -2.13. The summed E-state index contributed by atoms with van der Waals surface area (Å²) in [5, 5.41) is 12.4. The van der Waals surface area contributed by atoms with Gasteiger partial charge in [-0.2, -0.15) is 0 Å². The zero-order valence-corrected chi connectivity index (χ0v) is 11.9. The van der Waals surface area contributed by atoms with Gasteiger partial charge in [-0.05, 0) is 42.8 Å². The summed E-state index contributed by atoms with van der Waals surface area (Å²) in [6.07, 6.45) is 0. The van der Waals surface area contributed by atoms with Crippen LogP contribution in [0.15, 0.2) is 40.9 Å². The molecule has 0 aliphatic heterocycles. The number of hydrogen-bond acceptors (Lipinski definition) is 3. The summed E-state index contributed by atoms with van der Waals surface area (Å²) >= 11 is 3.26. The maximum atomic E-state index is 12.1. The number of aromatic hydroxyl groups is 1. The lowest BCUT2D eigenvalue weighted by molar-refractivity contribution is 0.102. The highest BCUT2D eigenvalue weighted by atomic mass is 79.9. The standard InChI is InChI=1S/C14H13BrN2O2/c1-8-2-4-11(16)12(6-8)17-14(19)10-7-9(15)3-5-13(10)18/h2-7,18H,16H2,1H3,(H,17,19). The van der Waals surface area contributed by atoms with E-state index in [1.54, 1.807) is 24.3 Å². The van der Waals surface area contributed by atoms with Gasteiger partial charge in [0.2, 0.25) is 0 Å². The number of rotatable bonds is 2. The SMILES string of the molecule is Cc1ccc(N)c(NC(=O)c2cc(Br)ccc2O)c1. The first-order chi connectivity index (χ1) is 8.97. The van der Waals surface area contributed by atoms with Crippen LogP contribution in [-0.2, 0) is 0 Å². The molecule has 1 amide bonds. The van der Waals surface area contributed by atoms with Crippen molar-refractivity contribution in [2.24, 2.45) is 0 Å². The average molecular weight is 321 g/mol. The number of anilines is 2. The van der Waals surface area contributed by atoms with E-state index in [1.165, 1.54) is 6.07 Å². The minimum Gasteiger partial charge on any atom is -0.507 e. The Balaban J connectivity index is 2.30. The zero-order chi connectivity index (χ0) is 14.0. The zero-order valence-electron chi connectivity index (χ0n) is 10.3. The van der Waals surface area contributed by atoms with Gasteiger partial charge in [-0.1, -0.05) is 22.0 Å². The molecule has 0 aliphatic rings. The highest BCUT2D eigenvalue weighted by Gasteiger charge is 2.13. The smallest absolute Gasteiger partial charge is 0.259 e. The number of phenols is 1. The molecule has 0 aromatic heterocycles. The maximum absolute atomic E-state index is 12.1. The predicted octanol–water partition coefficient (Wildman–Crippen LogP) is 3.30. The molecule has 0 radical (unpaired) electrons. The molecule has 0 saturated heterocycles. The molecule has 0 heterocycles. The molecular weight excluding hydrogens is 308 g/mol. The topological polar surface area (TPSA) is 75.3 Å². The lowest BCUT2D eigenvalue weighted by atomic mass is 10.1. The first-order valence-corrected chi connectivity index (χ1v) is 6.42. The first kappa shape index (κ1) is 13.4. The minimum absolute atomic E-state index is 0.0769. The van der Waals surface area contributed by atoms with Crippen LogP contribution in [0.1, 0.15) is 15.9 Å². The highest BCUT2D eigenvalue weighted by molar-refractivity contribution is 9.10. The Hall–Kier alpha value is -2.01. The molecule has 0 aliphatic carbocycles. The molecular formula is C14H13BrN2O2.